The van der Waals surface area contributed by atoms with Crippen LogP contribution in [0, 0.1) is 11.7 Å². The van der Waals surface area contributed by atoms with Crippen LogP contribution in [0.15, 0.2) is 54.7 Å². The van der Waals surface area contributed by atoms with Gasteiger partial charge in [-0.3, -0.25) is 4.79 Å². The summed E-state index contributed by atoms with van der Waals surface area (Å²) in [5.74, 6) is 0.205. The summed E-state index contributed by atoms with van der Waals surface area (Å²) in [6.07, 6.45) is 3.45. The Kier molecular flexibility index (Phi) is 6.50. The van der Waals surface area contributed by atoms with Crippen molar-refractivity contribution in [1.29, 1.82) is 0 Å². The van der Waals surface area contributed by atoms with Crippen molar-refractivity contribution in [2.75, 3.05) is 6.54 Å². The number of hydrogen-bond donors (Lipinski definition) is 1. The van der Waals surface area contributed by atoms with Crippen LogP contribution in [0.25, 0.3) is 10.9 Å². The van der Waals surface area contributed by atoms with Crippen LogP contribution in [0.3, 0.4) is 0 Å². The van der Waals surface area contributed by atoms with Gasteiger partial charge in [0, 0.05) is 42.5 Å². The number of halogens is 1. The summed E-state index contributed by atoms with van der Waals surface area (Å²) in [7, 11) is 0. The Labute approximate surface area is 166 Å². The molecule has 1 atom stereocenters. The maximum atomic E-state index is 13.5. The van der Waals surface area contributed by atoms with Crippen molar-refractivity contribution >= 4 is 16.8 Å². The molecule has 0 aliphatic carbocycles. The fourth-order valence-corrected chi connectivity index (χ4v) is 3.67. The quantitative estimate of drug-likeness (QED) is 0.551. The summed E-state index contributed by atoms with van der Waals surface area (Å²) >= 11 is 0. The highest BCUT2D eigenvalue weighted by Crippen LogP contribution is 2.34. The fraction of sp³-hybridized carbons (Fsp3) is 0.375. The zero-order chi connectivity index (χ0) is 20.1. The van der Waals surface area contributed by atoms with Gasteiger partial charge in [-0.05, 0) is 48.6 Å². The molecule has 0 spiro atoms. The van der Waals surface area contributed by atoms with Crippen molar-refractivity contribution in [3.8, 4) is 0 Å². The highest BCUT2D eigenvalue weighted by atomic mass is 19.1. The Hall–Kier alpha value is -2.62. The smallest absolute Gasteiger partial charge is 0.220 e. The van der Waals surface area contributed by atoms with E-state index < -0.39 is 0 Å². The molecule has 0 unspecified atom stereocenters. The van der Waals surface area contributed by atoms with Crippen LogP contribution in [0.1, 0.15) is 50.7 Å². The van der Waals surface area contributed by atoms with E-state index in [0.717, 1.165) is 35.0 Å². The summed E-state index contributed by atoms with van der Waals surface area (Å²) < 4.78 is 15.7. The van der Waals surface area contributed by atoms with Crippen LogP contribution in [-0.2, 0) is 11.3 Å². The zero-order valence-corrected chi connectivity index (χ0v) is 16.9. The third kappa shape index (κ3) is 4.61. The Morgan fingerprint density at radius 2 is 1.82 bits per heavy atom. The van der Waals surface area contributed by atoms with E-state index in [4.69, 9.17) is 0 Å². The first-order valence-corrected chi connectivity index (χ1v) is 10.1. The van der Waals surface area contributed by atoms with E-state index in [-0.39, 0.29) is 17.6 Å². The number of nitrogens with zero attached hydrogens (tertiary/aromatic N) is 1. The number of aryl methyl sites for hydroxylation is 1. The Morgan fingerprint density at radius 1 is 1.11 bits per heavy atom. The lowest BCUT2D eigenvalue weighted by molar-refractivity contribution is -0.121. The Balaban J connectivity index is 1.95. The van der Waals surface area contributed by atoms with Gasteiger partial charge >= 0.3 is 0 Å². The van der Waals surface area contributed by atoms with Crippen LogP contribution < -0.4 is 5.32 Å². The molecule has 0 saturated carbocycles. The normalized spacial score (nSPS) is 12.5. The molecular formula is C24H29FN2O. The predicted molar refractivity (Wildman–Crippen MR) is 113 cm³/mol. The Bertz CT molecular complexity index is 927. The van der Waals surface area contributed by atoms with Crippen molar-refractivity contribution in [3.05, 3.63) is 71.7 Å². The van der Waals surface area contributed by atoms with Crippen LogP contribution in [-0.4, -0.2) is 17.0 Å². The van der Waals surface area contributed by atoms with Gasteiger partial charge in [0.1, 0.15) is 5.82 Å². The second-order valence-corrected chi connectivity index (χ2v) is 7.73. The first-order valence-electron chi connectivity index (χ1n) is 10.1. The molecule has 1 N–H and O–H groups in total. The number of hydrogen-bond acceptors (Lipinski definition) is 1. The molecule has 1 amide bonds. The van der Waals surface area contributed by atoms with Gasteiger partial charge in [0.25, 0.3) is 0 Å². The van der Waals surface area contributed by atoms with Crippen molar-refractivity contribution in [3.63, 3.8) is 0 Å². The predicted octanol–water partition coefficient (Wildman–Crippen LogP) is 5.48. The van der Waals surface area contributed by atoms with Gasteiger partial charge in [-0.1, -0.05) is 44.2 Å². The average molecular weight is 381 g/mol. The third-order valence-electron chi connectivity index (χ3n) is 5.24. The molecule has 0 aliphatic heterocycles. The maximum Gasteiger partial charge on any atom is 0.220 e. The van der Waals surface area contributed by atoms with Gasteiger partial charge in [0.15, 0.2) is 0 Å². The molecule has 0 radical (unpaired) electrons. The number of fused-ring (bicyclic) bond motifs is 1. The molecule has 28 heavy (non-hydrogen) atoms. The molecule has 3 aromatic rings. The highest BCUT2D eigenvalue weighted by Gasteiger charge is 2.22. The number of amides is 1. The molecule has 4 heteroatoms. The first-order chi connectivity index (χ1) is 13.5. The SMILES string of the molecule is CCn1cc([C@H](CC(=O)NCCC(C)C)c2ccc(F)cc2)c2ccccc21. The number of carbonyl (C=O) groups is 1. The van der Waals surface area contributed by atoms with Crippen LogP contribution in [0.4, 0.5) is 4.39 Å². The van der Waals surface area contributed by atoms with Crippen molar-refractivity contribution in [2.45, 2.75) is 46.1 Å². The summed E-state index contributed by atoms with van der Waals surface area (Å²) in [5, 5.41) is 4.19. The minimum absolute atomic E-state index is 0.0308. The lowest BCUT2D eigenvalue weighted by Gasteiger charge is -2.17. The summed E-state index contributed by atoms with van der Waals surface area (Å²) in [5.41, 5.74) is 3.23. The lowest BCUT2D eigenvalue weighted by Crippen LogP contribution is -2.27. The van der Waals surface area contributed by atoms with Gasteiger partial charge < -0.3 is 9.88 Å². The third-order valence-corrected chi connectivity index (χ3v) is 5.24. The van der Waals surface area contributed by atoms with Crippen molar-refractivity contribution in [1.82, 2.24) is 9.88 Å². The summed E-state index contributed by atoms with van der Waals surface area (Å²) in [6, 6.07) is 14.8. The number of nitrogens with one attached hydrogen (secondary N) is 1. The minimum Gasteiger partial charge on any atom is -0.356 e. The van der Waals surface area contributed by atoms with E-state index in [0.29, 0.717) is 18.9 Å². The number of rotatable bonds is 8. The van der Waals surface area contributed by atoms with Crippen molar-refractivity contribution < 1.29 is 9.18 Å². The molecule has 1 heterocycles. The molecule has 3 rings (SSSR count). The van der Waals surface area contributed by atoms with Gasteiger partial charge in [-0.15, -0.1) is 0 Å². The second-order valence-electron chi connectivity index (χ2n) is 7.73. The van der Waals surface area contributed by atoms with Gasteiger partial charge in [-0.2, -0.15) is 0 Å². The molecule has 0 bridgehead atoms. The maximum absolute atomic E-state index is 13.5. The second kappa shape index (κ2) is 9.05. The van der Waals surface area contributed by atoms with Crippen LogP contribution >= 0.6 is 0 Å². The Morgan fingerprint density at radius 3 is 2.50 bits per heavy atom. The zero-order valence-electron chi connectivity index (χ0n) is 16.9. The van der Waals surface area contributed by atoms with Gasteiger partial charge in [-0.25, -0.2) is 4.39 Å². The highest BCUT2D eigenvalue weighted by molar-refractivity contribution is 5.86. The first kappa shape index (κ1) is 20.1. The van der Waals surface area contributed by atoms with Crippen molar-refractivity contribution in [2.24, 2.45) is 5.92 Å². The minimum atomic E-state index is -0.264. The van der Waals surface area contributed by atoms with Crippen LogP contribution in [0.2, 0.25) is 0 Å². The number of aromatic nitrogens is 1. The monoisotopic (exact) mass is 380 g/mol. The number of para-hydroxylation sites is 1. The van der Waals surface area contributed by atoms with E-state index in [1.165, 1.54) is 12.1 Å². The molecule has 0 fully saturated rings. The van der Waals surface area contributed by atoms with E-state index >= 15 is 0 Å². The standard InChI is InChI=1S/C24H29FN2O/c1-4-27-16-22(20-7-5-6-8-23(20)27)21(18-9-11-19(25)12-10-18)15-24(28)26-14-13-17(2)3/h5-12,16-17,21H,4,13-15H2,1-3H3,(H,26,28)/t21-/m1/s1. The molecule has 2 aromatic carbocycles. The van der Waals surface area contributed by atoms with Gasteiger partial charge in [0.05, 0.1) is 0 Å². The molecule has 1 aromatic heterocycles. The lowest BCUT2D eigenvalue weighted by atomic mass is 9.88. The number of benzene rings is 2. The molecular weight excluding hydrogens is 351 g/mol. The largest absolute Gasteiger partial charge is 0.356 e. The molecule has 3 nitrogen and oxygen atoms in total. The average Bonchev–Trinajstić information content (AvgIpc) is 3.05. The van der Waals surface area contributed by atoms with Gasteiger partial charge in [0.2, 0.25) is 5.91 Å². The fourth-order valence-electron chi connectivity index (χ4n) is 3.67. The number of carbonyl (C=O) groups excluding carboxylic acids is 1. The van der Waals surface area contributed by atoms with E-state index in [1.807, 2.05) is 12.1 Å². The molecule has 148 valence electrons. The molecule has 0 aliphatic rings. The molecule has 0 saturated heterocycles. The topological polar surface area (TPSA) is 34.0 Å². The van der Waals surface area contributed by atoms with E-state index in [9.17, 15) is 9.18 Å². The summed E-state index contributed by atoms with van der Waals surface area (Å²) in [6.45, 7) is 7.95. The van der Waals surface area contributed by atoms with Crippen LogP contribution in [0.5, 0.6) is 0 Å². The summed E-state index contributed by atoms with van der Waals surface area (Å²) in [4.78, 5) is 12.7. The van der Waals surface area contributed by atoms with E-state index in [1.54, 1.807) is 12.1 Å². The van der Waals surface area contributed by atoms with E-state index in [2.05, 4.69) is 49.0 Å².